The molecule has 0 aromatic heterocycles. The van der Waals surface area contributed by atoms with Gasteiger partial charge in [0.2, 0.25) is 0 Å². The summed E-state index contributed by atoms with van der Waals surface area (Å²) in [5, 5.41) is 11.8. The van der Waals surface area contributed by atoms with Crippen molar-refractivity contribution in [3.05, 3.63) is 64.7 Å². The van der Waals surface area contributed by atoms with Gasteiger partial charge in [-0.3, -0.25) is 4.79 Å². The lowest BCUT2D eigenvalue weighted by molar-refractivity contribution is 0.0696. The molecule has 0 atom stereocenters. The lowest BCUT2D eigenvalue weighted by Gasteiger charge is -2.07. The molecule has 19 heavy (non-hydrogen) atoms. The summed E-state index contributed by atoms with van der Waals surface area (Å²) in [4.78, 5) is 22.8. The van der Waals surface area contributed by atoms with Crippen LogP contribution in [-0.2, 0) is 0 Å². The highest BCUT2D eigenvalue weighted by molar-refractivity contribution is 6.34. The van der Waals surface area contributed by atoms with Crippen molar-refractivity contribution in [2.75, 3.05) is 5.32 Å². The van der Waals surface area contributed by atoms with Crippen LogP contribution in [0.3, 0.4) is 0 Å². The zero-order valence-corrected chi connectivity index (χ0v) is 10.5. The van der Waals surface area contributed by atoms with E-state index in [-0.39, 0.29) is 11.5 Å². The molecular formula is C14H10ClNO3. The molecule has 0 radical (unpaired) electrons. The Morgan fingerprint density at radius 3 is 2.47 bits per heavy atom. The minimum Gasteiger partial charge on any atom is -0.478 e. The summed E-state index contributed by atoms with van der Waals surface area (Å²) in [5.74, 6) is -1.43. The van der Waals surface area contributed by atoms with Gasteiger partial charge in [0.15, 0.2) is 0 Å². The lowest BCUT2D eigenvalue weighted by atomic mass is 10.1. The maximum absolute atomic E-state index is 12.0. The van der Waals surface area contributed by atoms with Crippen LogP contribution in [0.1, 0.15) is 20.7 Å². The Morgan fingerprint density at radius 1 is 1.05 bits per heavy atom. The predicted molar refractivity (Wildman–Crippen MR) is 72.8 cm³/mol. The van der Waals surface area contributed by atoms with Crippen LogP contribution >= 0.6 is 11.6 Å². The van der Waals surface area contributed by atoms with Gasteiger partial charge in [0.25, 0.3) is 5.91 Å². The van der Waals surface area contributed by atoms with E-state index in [0.717, 1.165) is 0 Å². The summed E-state index contributed by atoms with van der Waals surface area (Å²) in [6, 6.07) is 12.7. The lowest BCUT2D eigenvalue weighted by Crippen LogP contribution is -2.12. The van der Waals surface area contributed by atoms with Gasteiger partial charge in [-0.05, 0) is 30.3 Å². The van der Waals surface area contributed by atoms with Crippen LogP contribution in [0.15, 0.2) is 48.5 Å². The minimum atomic E-state index is -1.05. The predicted octanol–water partition coefficient (Wildman–Crippen LogP) is 3.29. The average Bonchev–Trinajstić information content (AvgIpc) is 2.39. The first-order valence-electron chi connectivity index (χ1n) is 5.47. The second-order valence-corrected chi connectivity index (χ2v) is 4.23. The number of hydrogen-bond acceptors (Lipinski definition) is 2. The molecule has 0 saturated carbocycles. The quantitative estimate of drug-likeness (QED) is 0.903. The van der Waals surface area contributed by atoms with Gasteiger partial charge in [-0.2, -0.15) is 0 Å². The molecule has 0 heterocycles. The third-order valence-corrected chi connectivity index (χ3v) is 2.82. The SMILES string of the molecule is O=C(O)c1cccc(NC(=O)c2ccccc2Cl)c1. The fourth-order valence-electron chi connectivity index (χ4n) is 1.57. The molecule has 2 rings (SSSR count). The van der Waals surface area contributed by atoms with Crippen LogP contribution in [0.2, 0.25) is 5.02 Å². The molecule has 4 nitrogen and oxygen atoms in total. The number of carboxylic acid groups (broad SMARTS) is 1. The number of aromatic carboxylic acids is 1. The summed E-state index contributed by atoms with van der Waals surface area (Å²) < 4.78 is 0. The number of carbonyl (C=O) groups is 2. The first kappa shape index (κ1) is 13.1. The molecule has 2 aromatic carbocycles. The number of halogens is 1. The molecule has 1 amide bonds. The van der Waals surface area contributed by atoms with Crippen molar-refractivity contribution in [2.24, 2.45) is 0 Å². The van der Waals surface area contributed by atoms with E-state index in [1.807, 2.05) is 0 Å². The first-order valence-corrected chi connectivity index (χ1v) is 5.85. The zero-order valence-electron chi connectivity index (χ0n) is 9.76. The highest BCUT2D eigenvalue weighted by atomic mass is 35.5. The number of anilines is 1. The van der Waals surface area contributed by atoms with Crippen molar-refractivity contribution < 1.29 is 14.7 Å². The van der Waals surface area contributed by atoms with E-state index in [1.54, 1.807) is 36.4 Å². The van der Waals surface area contributed by atoms with Gasteiger partial charge in [-0.1, -0.05) is 29.8 Å². The number of rotatable bonds is 3. The fourth-order valence-corrected chi connectivity index (χ4v) is 1.80. The van der Waals surface area contributed by atoms with E-state index in [0.29, 0.717) is 16.3 Å². The fraction of sp³-hybridized carbons (Fsp3) is 0. The zero-order chi connectivity index (χ0) is 13.8. The Balaban J connectivity index is 2.22. The number of carbonyl (C=O) groups excluding carboxylic acids is 1. The van der Waals surface area contributed by atoms with Gasteiger partial charge in [-0.25, -0.2) is 4.79 Å². The Kier molecular flexibility index (Phi) is 3.82. The van der Waals surface area contributed by atoms with Crippen molar-refractivity contribution in [2.45, 2.75) is 0 Å². The molecule has 5 heteroatoms. The van der Waals surface area contributed by atoms with E-state index in [4.69, 9.17) is 16.7 Å². The molecule has 2 N–H and O–H groups in total. The van der Waals surface area contributed by atoms with E-state index < -0.39 is 5.97 Å². The van der Waals surface area contributed by atoms with E-state index in [1.165, 1.54) is 12.1 Å². The Hall–Kier alpha value is -2.33. The maximum atomic E-state index is 12.0. The number of hydrogen-bond donors (Lipinski definition) is 2. The van der Waals surface area contributed by atoms with Crippen molar-refractivity contribution in [3.8, 4) is 0 Å². The van der Waals surface area contributed by atoms with Crippen molar-refractivity contribution >= 4 is 29.2 Å². The molecule has 0 aliphatic heterocycles. The van der Waals surface area contributed by atoms with E-state index in [9.17, 15) is 9.59 Å². The number of benzene rings is 2. The standard InChI is InChI=1S/C14H10ClNO3/c15-12-7-2-1-6-11(12)13(17)16-10-5-3-4-9(8-10)14(18)19/h1-8H,(H,16,17)(H,18,19). The molecule has 0 aliphatic rings. The molecule has 96 valence electrons. The van der Waals surface area contributed by atoms with Gasteiger partial charge in [0.05, 0.1) is 16.1 Å². The summed E-state index contributed by atoms with van der Waals surface area (Å²) >= 11 is 5.91. The highest BCUT2D eigenvalue weighted by Crippen LogP contribution is 2.17. The van der Waals surface area contributed by atoms with Crippen molar-refractivity contribution in [1.82, 2.24) is 0 Å². The van der Waals surface area contributed by atoms with Crippen LogP contribution in [-0.4, -0.2) is 17.0 Å². The van der Waals surface area contributed by atoms with Crippen molar-refractivity contribution in [3.63, 3.8) is 0 Å². The second-order valence-electron chi connectivity index (χ2n) is 3.82. The summed E-state index contributed by atoms with van der Waals surface area (Å²) in [6.07, 6.45) is 0. The molecule has 0 fully saturated rings. The van der Waals surface area contributed by atoms with Gasteiger partial charge in [0, 0.05) is 5.69 Å². The normalized spacial score (nSPS) is 9.95. The topological polar surface area (TPSA) is 66.4 Å². The van der Waals surface area contributed by atoms with E-state index in [2.05, 4.69) is 5.32 Å². The van der Waals surface area contributed by atoms with Crippen LogP contribution in [0.5, 0.6) is 0 Å². The van der Waals surface area contributed by atoms with Crippen LogP contribution < -0.4 is 5.32 Å². The Bertz CT molecular complexity index is 640. The highest BCUT2D eigenvalue weighted by Gasteiger charge is 2.10. The van der Waals surface area contributed by atoms with Crippen LogP contribution in [0.25, 0.3) is 0 Å². The summed E-state index contributed by atoms with van der Waals surface area (Å²) in [7, 11) is 0. The first-order chi connectivity index (χ1) is 9.08. The van der Waals surface area contributed by atoms with Gasteiger partial charge >= 0.3 is 5.97 Å². The third-order valence-electron chi connectivity index (χ3n) is 2.49. The number of carboxylic acids is 1. The summed E-state index contributed by atoms with van der Waals surface area (Å²) in [5.41, 5.74) is 0.853. The van der Waals surface area contributed by atoms with Gasteiger partial charge < -0.3 is 10.4 Å². The largest absolute Gasteiger partial charge is 0.478 e. The molecule has 0 unspecified atom stereocenters. The second kappa shape index (κ2) is 5.54. The van der Waals surface area contributed by atoms with E-state index >= 15 is 0 Å². The number of amides is 1. The summed E-state index contributed by atoms with van der Waals surface area (Å²) in [6.45, 7) is 0. The van der Waals surface area contributed by atoms with Gasteiger partial charge in [-0.15, -0.1) is 0 Å². The molecular weight excluding hydrogens is 266 g/mol. The average molecular weight is 276 g/mol. The molecule has 0 aliphatic carbocycles. The third kappa shape index (κ3) is 3.11. The molecule has 0 saturated heterocycles. The molecule has 0 spiro atoms. The maximum Gasteiger partial charge on any atom is 0.335 e. The number of nitrogens with one attached hydrogen (secondary N) is 1. The van der Waals surface area contributed by atoms with Crippen LogP contribution in [0.4, 0.5) is 5.69 Å². The minimum absolute atomic E-state index is 0.108. The van der Waals surface area contributed by atoms with Crippen molar-refractivity contribution in [1.29, 1.82) is 0 Å². The molecule has 0 bridgehead atoms. The van der Waals surface area contributed by atoms with Crippen LogP contribution in [0, 0.1) is 0 Å². The Labute approximate surface area is 114 Å². The monoisotopic (exact) mass is 275 g/mol. The molecule has 2 aromatic rings. The smallest absolute Gasteiger partial charge is 0.335 e. The Morgan fingerprint density at radius 2 is 1.79 bits per heavy atom. The van der Waals surface area contributed by atoms with Gasteiger partial charge in [0.1, 0.15) is 0 Å².